The van der Waals surface area contributed by atoms with E-state index in [1.54, 1.807) is 7.11 Å². The number of anilines is 1. The van der Waals surface area contributed by atoms with Crippen molar-refractivity contribution < 1.29 is 9.53 Å². The second-order valence-electron chi connectivity index (χ2n) is 6.21. The molecule has 0 atom stereocenters. The maximum Gasteiger partial charge on any atom is 0.228 e. The van der Waals surface area contributed by atoms with Gasteiger partial charge in [0.1, 0.15) is 11.4 Å². The number of fused-ring (bicyclic) bond motifs is 1. The lowest BCUT2D eigenvalue weighted by Gasteiger charge is -2.10. The van der Waals surface area contributed by atoms with Gasteiger partial charge in [0.25, 0.3) is 0 Å². The maximum atomic E-state index is 12.5. The van der Waals surface area contributed by atoms with Gasteiger partial charge in [0, 0.05) is 18.0 Å². The monoisotopic (exact) mass is 357 g/mol. The number of rotatable bonds is 5. The van der Waals surface area contributed by atoms with Gasteiger partial charge >= 0.3 is 0 Å². The Bertz CT molecular complexity index is 1050. The van der Waals surface area contributed by atoms with Crippen LogP contribution in [0, 0.1) is 0 Å². The van der Waals surface area contributed by atoms with Gasteiger partial charge in [-0.3, -0.25) is 4.79 Å². The lowest BCUT2D eigenvalue weighted by molar-refractivity contribution is -0.115. The van der Waals surface area contributed by atoms with E-state index in [4.69, 9.17) is 4.74 Å². The number of methoxy groups -OCH3 is 1. The number of hydrogen-bond acceptors (Lipinski definition) is 3. The maximum absolute atomic E-state index is 12.5. The number of para-hydroxylation sites is 1. The van der Waals surface area contributed by atoms with Crippen LogP contribution in [0.3, 0.4) is 0 Å². The number of nitrogens with one attached hydrogen (secondary N) is 1. The molecule has 0 aliphatic rings. The summed E-state index contributed by atoms with van der Waals surface area (Å²) in [6, 6.07) is 21.1. The van der Waals surface area contributed by atoms with Crippen molar-refractivity contribution in [1.82, 2.24) is 9.38 Å². The molecule has 2 aromatic carbocycles. The lowest BCUT2D eigenvalue weighted by atomic mass is 10.1. The van der Waals surface area contributed by atoms with Gasteiger partial charge in [-0.1, -0.05) is 36.4 Å². The summed E-state index contributed by atoms with van der Waals surface area (Å²) in [6.07, 6.45) is 4.21. The fraction of sp³-hybridized carbons (Fsp3) is 0.0909. The highest BCUT2D eigenvalue weighted by atomic mass is 16.5. The Morgan fingerprint density at radius 2 is 1.81 bits per heavy atom. The van der Waals surface area contributed by atoms with Gasteiger partial charge in [0.15, 0.2) is 0 Å². The molecular weight excluding hydrogens is 338 g/mol. The smallest absolute Gasteiger partial charge is 0.228 e. The zero-order valence-electron chi connectivity index (χ0n) is 14.9. The van der Waals surface area contributed by atoms with Crippen molar-refractivity contribution in [2.45, 2.75) is 6.42 Å². The number of benzene rings is 2. The van der Waals surface area contributed by atoms with Crippen molar-refractivity contribution >= 4 is 17.2 Å². The van der Waals surface area contributed by atoms with Crippen LogP contribution in [0.25, 0.3) is 16.9 Å². The molecule has 1 amide bonds. The minimum Gasteiger partial charge on any atom is -0.497 e. The number of hydrogen-bond donors (Lipinski definition) is 1. The van der Waals surface area contributed by atoms with Crippen molar-refractivity contribution in [3.63, 3.8) is 0 Å². The third kappa shape index (κ3) is 3.67. The molecule has 0 bridgehead atoms. The van der Waals surface area contributed by atoms with Crippen LogP contribution in [-0.2, 0) is 11.2 Å². The van der Waals surface area contributed by atoms with E-state index in [-0.39, 0.29) is 5.91 Å². The zero-order chi connectivity index (χ0) is 18.6. The number of aromatic nitrogens is 2. The number of carbonyl (C=O) groups is 1. The van der Waals surface area contributed by atoms with Gasteiger partial charge < -0.3 is 14.5 Å². The molecule has 4 aromatic rings. The summed E-state index contributed by atoms with van der Waals surface area (Å²) in [4.78, 5) is 17.2. The standard InChI is InChI=1S/C22H19N3O2/c1-27-17-11-9-16(10-12-17)14-22(26)24-19-7-3-2-6-18(19)20-15-25-13-5-4-8-21(25)23-20/h2-13,15H,14H2,1H3,(H,24,26). The van der Waals surface area contributed by atoms with E-state index in [9.17, 15) is 4.79 Å². The summed E-state index contributed by atoms with van der Waals surface area (Å²) in [5, 5.41) is 3.01. The number of amides is 1. The first-order valence-electron chi connectivity index (χ1n) is 8.69. The number of ether oxygens (including phenoxy) is 1. The Morgan fingerprint density at radius 1 is 1.04 bits per heavy atom. The minimum atomic E-state index is -0.0728. The van der Waals surface area contributed by atoms with E-state index >= 15 is 0 Å². The summed E-state index contributed by atoms with van der Waals surface area (Å²) in [5.74, 6) is 0.702. The van der Waals surface area contributed by atoms with Crippen LogP contribution in [0.2, 0.25) is 0 Å². The van der Waals surface area contributed by atoms with Crippen LogP contribution in [0.1, 0.15) is 5.56 Å². The fourth-order valence-corrected chi connectivity index (χ4v) is 3.00. The van der Waals surface area contributed by atoms with Crippen LogP contribution >= 0.6 is 0 Å². The highest BCUT2D eigenvalue weighted by Gasteiger charge is 2.12. The van der Waals surface area contributed by atoms with Crippen LogP contribution in [0.15, 0.2) is 79.1 Å². The van der Waals surface area contributed by atoms with Crippen LogP contribution in [-0.4, -0.2) is 22.4 Å². The molecule has 0 spiro atoms. The Labute approximate surface area is 157 Å². The fourth-order valence-electron chi connectivity index (χ4n) is 3.00. The molecule has 5 heteroatoms. The van der Waals surface area contributed by atoms with Crippen molar-refractivity contribution in [3.05, 3.63) is 84.7 Å². The Kier molecular flexibility index (Phi) is 4.58. The topological polar surface area (TPSA) is 55.6 Å². The predicted molar refractivity (Wildman–Crippen MR) is 106 cm³/mol. The number of pyridine rings is 1. The minimum absolute atomic E-state index is 0.0728. The van der Waals surface area contributed by atoms with Crippen LogP contribution in [0.4, 0.5) is 5.69 Å². The zero-order valence-corrected chi connectivity index (χ0v) is 14.9. The summed E-state index contributed by atoms with van der Waals surface area (Å²) >= 11 is 0. The first-order chi connectivity index (χ1) is 13.2. The Balaban J connectivity index is 1.56. The van der Waals surface area contributed by atoms with E-state index in [2.05, 4.69) is 10.3 Å². The average Bonchev–Trinajstić information content (AvgIpc) is 3.13. The van der Waals surface area contributed by atoms with Gasteiger partial charge in [-0.2, -0.15) is 0 Å². The number of imidazole rings is 1. The van der Waals surface area contributed by atoms with Gasteiger partial charge in [-0.05, 0) is 35.9 Å². The van der Waals surface area contributed by atoms with E-state index in [1.807, 2.05) is 83.5 Å². The molecule has 27 heavy (non-hydrogen) atoms. The molecular formula is C22H19N3O2. The van der Waals surface area contributed by atoms with Gasteiger partial charge in [-0.25, -0.2) is 4.98 Å². The molecule has 0 radical (unpaired) electrons. The second kappa shape index (κ2) is 7.33. The number of nitrogens with zero attached hydrogens (tertiary/aromatic N) is 2. The van der Waals surface area contributed by atoms with E-state index in [1.165, 1.54) is 0 Å². The van der Waals surface area contributed by atoms with E-state index in [0.717, 1.165) is 33.9 Å². The predicted octanol–water partition coefficient (Wildman–Crippen LogP) is 4.19. The molecule has 0 unspecified atom stereocenters. The first kappa shape index (κ1) is 16.8. The van der Waals surface area contributed by atoms with Crippen molar-refractivity contribution in [2.24, 2.45) is 0 Å². The van der Waals surface area contributed by atoms with Crippen molar-refractivity contribution in [1.29, 1.82) is 0 Å². The number of carbonyl (C=O) groups excluding carboxylic acids is 1. The average molecular weight is 357 g/mol. The highest BCUT2D eigenvalue weighted by molar-refractivity contribution is 5.96. The lowest BCUT2D eigenvalue weighted by Crippen LogP contribution is -2.15. The highest BCUT2D eigenvalue weighted by Crippen LogP contribution is 2.27. The first-order valence-corrected chi connectivity index (χ1v) is 8.69. The molecule has 1 N–H and O–H groups in total. The van der Waals surface area contributed by atoms with Gasteiger partial charge in [-0.15, -0.1) is 0 Å². The largest absolute Gasteiger partial charge is 0.497 e. The third-order valence-electron chi connectivity index (χ3n) is 4.36. The molecule has 4 rings (SSSR count). The van der Waals surface area contributed by atoms with Gasteiger partial charge in [0.05, 0.1) is 24.9 Å². The normalized spacial score (nSPS) is 10.7. The summed E-state index contributed by atoms with van der Waals surface area (Å²) in [6.45, 7) is 0. The van der Waals surface area contributed by atoms with Crippen LogP contribution in [0.5, 0.6) is 5.75 Å². The molecule has 0 saturated carbocycles. The Hall–Kier alpha value is -3.60. The summed E-state index contributed by atoms with van der Waals surface area (Å²) in [7, 11) is 1.62. The molecule has 134 valence electrons. The Morgan fingerprint density at radius 3 is 2.59 bits per heavy atom. The molecule has 0 fully saturated rings. The van der Waals surface area contributed by atoms with Crippen LogP contribution < -0.4 is 10.1 Å². The second-order valence-corrected chi connectivity index (χ2v) is 6.21. The molecule has 0 aliphatic heterocycles. The third-order valence-corrected chi connectivity index (χ3v) is 4.36. The van der Waals surface area contributed by atoms with E-state index < -0.39 is 0 Å². The molecule has 0 saturated heterocycles. The summed E-state index contributed by atoms with van der Waals surface area (Å²) < 4.78 is 7.11. The molecule has 5 nitrogen and oxygen atoms in total. The van der Waals surface area contributed by atoms with E-state index in [0.29, 0.717) is 6.42 Å². The SMILES string of the molecule is COc1ccc(CC(=O)Nc2ccccc2-c2cn3ccccc3n2)cc1. The van der Waals surface area contributed by atoms with Crippen molar-refractivity contribution in [2.75, 3.05) is 12.4 Å². The summed E-state index contributed by atoms with van der Waals surface area (Å²) in [5.41, 5.74) is 4.26. The van der Waals surface area contributed by atoms with Gasteiger partial charge in [0.2, 0.25) is 5.91 Å². The molecule has 2 aromatic heterocycles. The van der Waals surface area contributed by atoms with Crippen molar-refractivity contribution in [3.8, 4) is 17.0 Å². The molecule has 0 aliphatic carbocycles. The quantitative estimate of drug-likeness (QED) is 0.583. The molecule has 2 heterocycles.